The molecule has 1 aromatic heterocycles. The van der Waals surface area contributed by atoms with Crippen LogP contribution in [0.25, 0.3) is 10.9 Å². The first-order valence-electron chi connectivity index (χ1n) is 7.59. The molecule has 116 valence electrons. The van der Waals surface area contributed by atoms with Crippen LogP contribution in [0.4, 0.5) is 0 Å². The van der Waals surface area contributed by atoms with Crippen LogP contribution >= 0.6 is 0 Å². The van der Waals surface area contributed by atoms with E-state index >= 15 is 0 Å². The van der Waals surface area contributed by atoms with Crippen LogP contribution < -0.4 is 5.73 Å². The molecule has 3 rings (SSSR count). The predicted molar refractivity (Wildman–Crippen MR) is 93.3 cm³/mol. The topological polar surface area (TPSA) is 71.8 Å². The van der Waals surface area contributed by atoms with Crippen molar-refractivity contribution < 1.29 is 4.79 Å². The van der Waals surface area contributed by atoms with Crippen molar-refractivity contribution in [2.75, 3.05) is 0 Å². The Morgan fingerprint density at radius 3 is 2.54 bits per heavy atom. The molecule has 0 aliphatic carbocycles. The summed E-state index contributed by atoms with van der Waals surface area (Å²) in [4.78, 5) is 11.4. The standard InChI is InChI=1S/C20H15N3O/c1-2-23-18(11-8-14-6-4-3-5-7-14)17(13-21)16-10-9-15(20(22)24)12-19(16)23/h3-7,9-10,12H,2H2,1H3,(H2,22,24). The van der Waals surface area contributed by atoms with Crippen molar-refractivity contribution in [3.63, 3.8) is 0 Å². The average molecular weight is 313 g/mol. The number of amides is 1. The second-order valence-corrected chi connectivity index (χ2v) is 5.29. The quantitative estimate of drug-likeness (QED) is 0.739. The first kappa shape index (κ1) is 15.4. The average Bonchev–Trinajstić information content (AvgIpc) is 2.92. The molecule has 2 N–H and O–H groups in total. The van der Waals surface area contributed by atoms with Gasteiger partial charge in [-0.1, -0.05) is 30.2 Å². The maximum atomic E-state index is 11.4. The molecule has 0 saturated heterocycles. The molecule has 0 saturated carbocycles. The first-order valence-corrected chi connectivity index (χ1v) is 7.59. The molecule has 0 unspecified atom stereocenters. The van der Waals surface area contributed by atoms with Crippen molar-refractivity contribution in [2.45, 2.75) is 13.5 Å². The molecule has 24 heavy (non-hydrogen) atoms. The first-order chi connectivity index (χ1) is 11.7. The summed E-state index contributed by atoms with van der Waals surface area (Å²) in [6, 6.07) is 17.0. The molecule has 0 spiro atoms. The normalized spacial score (nSPS) is 10.0. The highest BCUT2D eigenvalue weighted by Crippen LogP contribution is 2.26. The lowest BCUT2D eigenvalue weighted by molar-refractivity contribution is 0.100. The molecule has 4 nitrogen and oxygen atoms in total. The van der Waals surface area contributed by atoms with Crippen LogP contribution in [-0.2, 0) is 6.54 Å². The summed E-state index contributed by atoms with van der Waals surface area (Å²) >= 11 is 0. The zero-order chi connectivity index (χ0) is 17.1. The van der Waals surface area contributed by atoms with E-state index in [1.807, 2.05) is 41.8 Å². The van der Waals surface area contributed by atoms with Crippen LogP contribution in [0, 0.1) is 23.2 Å². The summed E-state index contributed by atoms with van der Waals surface area (Å²) in [5.74, 6) is 5.72. The third kappa shape index (κ3) is 2.62. The number of rotatable bonds is 2. The SMILES string of the molecule is CCn1c(C#Cc2ccccc2)c(C#N)c2ccc(C(N)=O)cc21. The van der Waals surface area contributed by atoms with E-state index < -0.39 is 5.91 Å². The number of hydrogen-bond donors (Lipinski definition) is 1. The summed E-state index contributed by atoms with van der Waals surface area (Å²) in [6.45, 7) is 2.62. The van der Waals surface area contributed by atoms with E-state index in [1.54, 1.807) is 18.2 Å². The number of carbonyl (C=O) groups excluding carboxylic acids is 1. The van der Waals surface area contributed by atoms with Gasteiger partial charge in [0, 0.05) is 23.1 Å². The van der Waals surface area contributed by atoms with Crippen molar-refractivity contribution >= 4 is 16.8 Å². The van der Waals surface area contributed by atoms with Crippen LogP contribution in [0.5, 0.6) is 0 Å². The second-order valence-electron chi connectivity index (χ2n) is 5.29. The van der Waals surface area contributed by atoms with Crippen LogP contribution in [-0.4, -0.2) is 10.5 Å². The highest BCUT2D eigenvalue weighted by atomic mass is 16.1. The van der Waals surface area contributed by atoms with E-state index in [-0.39, 0.29) is 0 Å². The number of nitrogens with zero attached hydrogens (tertiary/aromatic N) is 2. The second kappa shape index (κ2) is 6.32. The molecule has 0 aliphatic heterocycles. The molecule has 0 fully saturated rings. The van der Waals surface area contributed by atoms with Gasteiger partial charge in [-0.25, -0.2) is 0 Å². The number of benzene rings is 2. The van der Waals surface area contributed by atoms with Gasteiger partial charge in [-0.2, -0.15) is 5.26 Å². The highest BCUT2D eigenvalue weighted by molar-refractivity contribution is 5.99. The van der Waals surface area contributed by atoms with Gasteiger partial charge in [-0.15, -0.1) is 0 Å². The Morgan fingerprint density at radius 1 is 1.17 bits per heavy atom. The van der Waals surface area contributed by atoms with E-state index in [4.69, 9.17) is 5.73 Å². The Labute approximate surface area is 140 Å². The molecule has 0 radical (unpaired) electrons. The lowest BCUT2D eigenvalue weighted by atomic mass is 10.1. The summed E-state index contributed by atoms with van der Waals surface area (Å²) < 4.78 is 1.94. The summed E-state index contributed by atoms with van der Waals surface area (Å²) in [7, 11) is 0. The minimum Gasteiger partial charge on any atom is -0.366 e. The van der Waals surface area contributed by atoms with E-state index in [9.17, 15) is 10.1 Å². The minimum absolute atomic E-state index is 0.418. The maximum absolute atomic E-state index is 11.4. The Balaban J connectivity index is 2.26. The van der Waals surface area contributed by atoms with E-state index in [1.165, 1.54) is 0 Å². The molecule has 0 bridgehead atoms. The van der Waals surface area contributed by atoms with Gasteiger partial charge in [0.15, 0.2) is 0 Å². The Hall–Kier alpha value is -3.50. The van der Waals surface area contributed by atoms with Gasteiger partial charge in [0.2, 0.25) is 5.91 Å². The fourth-order valence-electron chi connectivity index (χ4n) is 2.73. The van der Waals surface area contributed by atoms with Crippen molar-refractivity contribution in [1.82, 2.24) is 4.57 Å². The van der Waals surface area contributed by atoms with Gasteiger partial charge < -0.3 is 10.3 Å². The summed E-state index contributed by atoms with van der Waals surface area (Å²) in [5, 5.41) is 10.4. The smallest absolute Gasteiger partial charge is 0.248 e. The summed E-state index contributed by atoms with van der Waals surface area (Å²) in [5.41, 5.74) is 8.63. The number of aryl methyl sites for hydroxylation is 1. The van der Waals surface area contributed by atoms with E-state index in [2.05, 4.69) is 17.9 Å². The van der Waals surface area contributed by atoms with Crippen LogP contribution in [0.1, 0.15) is 34.1 Å². The van der Waals surface area contributed by atoms with Crippen molar-refractivity contribution in [1.29, 1.82) is 5.26 Å². The lowest BCUT2D eigenvalue weighted by Gasteiger charge is -2.04. The number of fused-ring (bicyclic) bond motifs is 1. The van der Waals surface area contributed by atoms with Crippen LogP contribution in [0.15, 0.2) is 48.5 Å². The predicted octanol–water partition coefficient (Wildman–Crippen LogP) is 3.03. The largest absolute Gasteiger partial charge is 0.366 e. The van der Waals surface area contributed by atoms with Gasteiger partial charge in [0.25, 0.3) is 0 Å². The van der Waals surface area contributed by atoms with E-state index in [0.717, 1.165) is 16.5 Å². The zero-order valence-electron chi connectivity index (χ0n) is 13.2. The fraction of sp³-hybridized carbons (Fsp3) is 0.100. The van der Waals surface area contributed by atoms with Crippen molar-refractivity contribution in [2.24, 2.45) is 5.73 Å². The fourth-order valence-corrected chi connectivity index (χ4v) is 2.73. The van der Waals surface area contributed by atoms with Gasteiger partial charge in [0.05, 0.1) is 11.1 Å². The molecule has 0 atom stereocenters. The van der Waals surface area contributed by atoms with Crippen LogP contribution in [0.2, 0.25) is 0 Å². The molecule has 1 heterocycles. The van der Waals surface area contributed by atoms with Crippen molar-refractivity contribution in [3.8, 4) is 17.9 Å². The Kier molecular flexibility index (Phi) is 4.05. The number of nitrogens with two attached hydrogens (primary N) is 1. The number of primary amides is 1. The molecule has 2 aromatic carbocycles. The number of aromatic nitrogens is 1. The monoisotopic (exact) mass is 313 g/mol. The number of carbonyl (C=O) groups is 1. The third-order valence-corrected chi connectivity index (χ3v) is 3.88. The van der Waals surface area contributed by atoms with Gasteiger partial charge in [-0.3, -0.25) is 4.79 Å². The third-order valence-electron chi connectivity index (χ3n) is 3.88. The van der Waals surface area contributed by atoms with Crippen LogP contribution in [0.3, 0.4) is 0 Å². The summed E-state index contributed by atoms with van der Waals surface area (Å²) in [6.07, 6.45) is 0. The van der Waals surface area contributed by atoms with Gasteiger partial charge in [-0.05, 0) is 37.1 Å². The lowest BCUT2D eigenvalue weighted by Crippen LogP contribution is -2.10. The Morgan fingerprint density at radius 2 is 1.92 bits per heavy atom. The minimum atomic E-state index is -0.490. The Bertz CT molecular complexity index is 1030. The van der Waals surface area contributed by atoms with Gasteiger partial charge >= 0.3 is 0 Å². The molecular formula is C20H15N3O. The van der Waals surface area contributed by atoms with E-state index in [0.29, 0.717) is 23.4 Å². The molecular weight excluding hydrogens is 298 g/mol. The zero-order valence-corrected chi connectivity index (χ0v) is 13.2. The maximum Gasteiger partial charge on any atom is 0.248 e. The van der Waals surface area contributed by atoms with Gasteiger partial charge in [0.1, 0.15) is 11.8 Å². The molecule has 1 amide bonds. The molecule has 0 aliphatic rings. The highest BCUT2D eigenvalue weighted by Gasteiger charge is 2.16. The number of hydrogen-bond acceptors (Lipinski definition) is 2. The van der Waals surface area contributed by atoms with Crippen molar-refractivity contribution in [3.05, 3.63) is 70.9 Å². The number of nitriles is 1. The molecule has 3 aromatic rings. The molecule has 4 heteroatoms.